The number of hydrazine groups is 1. The van der Waals surface area contributed by atoms with Gasteiger partial charge in [-0.1, -0.05) is 30.3 Å². The molecule has 17 nitrogen and oxygen atoms in total. The summed E-state index contributed by atoms with van der Waals surface area (Å²) in [4.78, 5) is 60.3. The Bertz CT molecular complexity index is 2640. The van der Waals surface area contributed by atoms with Crippen LogP contribution in [0.25, 0.3) is 11.1 Å². The lowest BCUT2D eigenvalue weighted by atomic mass is 9.82. The number of carbonyl (C=O) groups excluding carboxylic acids is 4. The number of allylic oxidation sites excluding steroid dienone is 1. The molecular formula is C52H63F10N9O8. The zero-order chi connectivity index (χ0) is 58.4. The Morgan fingerprint density at radius 3 is 1.81 bits per heavy atom. The quantitative estimate of drug-likeness (QED) is 0.0227. The molecule has 4 heterocycles. The second kappa shape index (κ2) is 25.3. The molecule has 2 aromatic carbocycles. The van der Waals surface area contributed by atoms with Gasteiger partial charge in [0.05, 0.1) is 62.2 Å². The monoisotopic (exact) mass is 1130 g/mol. The molecule has 2 bridgehead atoms. The van der Waals surface area contributed by atoms with Crippen LogP contribution in [-0.4, -0.2) is 145 Å². The van der Waals surface area contributed by atoms with Crippen LogP contribution in [0.4, 0.5) is 53.5 Å². The van der Waals surface area contributed by atoms with Crippen LogP contribution >= 0.6 is 0 Å². The van der Waals surface area contributed by atoms with Gasteiger partial charge >= 0.3 is 31.1 Å². The summed E-state index contributed by atoms with van der Waals surface area (Å²) in [5, 5.41) is 28.2. The van der Waals surface area contributed by atoms with Gasteiger partial charge < -0.3 is 46.0 Å². The van der Waals surface area contributed by atoms with Gasteiger partial charge in [-0.3, -0.25) is 24.9 Å². The van der Waals surface area contributed by atoms with Gasteiger partial charge in [0.15, 0.2) is 0 Å². The Balaban J connectivity index is 1.33. The van der Waals surface area contributed by atoms with E-state index in [0.29, 0.717) is 85.9 Å². The van der Waals surface area contributed by atoms with E-state index in [2.05, 4.69) is 19.7 Å². The third-order valence-corrected chi connectivity index (χ3v) is 14.8. The number of piperidine rings is 1. The van der Waals surface area contributed by atoms with Crippen LogP contribution in [0.5, 0.6) is 0 Å². The lowest BCUT2D eigenvalue weighted by Gasteiger charge is -2.46. The van der Waals surface area contributed by atoms with Crippen LogP contribution in [0, 0.1) is 27.9 Å². The topological polar surface area (TPSA) is 220 Å². The van der Waals surface area contributed by atoms with E-state index in [9.17, 15) is 59.4 Å². The third-order valence-electron chi connectivity index (χ3n) is 14.8. The maximum Gasteiger partial charge on any atom is 0.407 e. The minimum atomic E-state index is -5.23. The van der Waals surface area contributed by atoms with Gasteiger partial charge in [0, 0.05) is 65.9 Å². The number of nitrogens with zero attached hydrogens (tertiary/aromatic N) is 3. The Hall–Kier alpha value is -6.58. The Morgan fingerprint density at radius 1 is 0.810 bits per heavy atom. The van der Waals surface area contributed by atoms with Gasteiger partial charge in [0.2, 0.25) is 5.91 Å². The molecule has 3 aliphatic heterocycles. The maximum absolute atomic E-state index is 15.9. The highest BCUT2D eigenvalue weighted by Crippen LogP contribution is 2.45. The van der Waals surface area contributed by atoms with Crippen molar-refractivity contribution in [3.63, 3.8) is 0 Å². The zero-order valence-corrected chi connectivity index (χ0v) is 43.8. The number of hydrogen-bond acceptors (Lipinski definition) is 13. The summed E-state index contributed by atoms with van der Waals surface area (Å²) in [5.41, 5.74) is -3.62. The van der Waals surface area contributed by atoms with E-state index in [1.165, 1.54) is 0 Å². The normalized spacial score (nSPS) is 19.8. The van der Waals surface area contributed by atoms with Crippen LogP contribution < -0.4 is 26.7 Å². The number of methoxy groups -OCH3 is 2. The predicted molar refractivity (Wildman–Crippen MR) is 265 cm³/mol. The minimum Gasteiger partial charge on any atom is -0.453 e. The van der Waals surface area contributed by atoms with E-state index in [-0.39, 0.29) is 5.92 Å². The molecule has 0 spiro atoms. The van der Waals surface area contributed by atoms with Gasteiger partial charge in [0.1, 0.15) is 23.7 Å². The van der Waals surface area contributed by atoms with Crippen molar-refractivity contribution in [3.8, 4) is 11.1 Å². The van der Waals surface area contributed by atoms with Gasteiger partial charge in [-0.25, -0.2) is 23.4 Å². The molecule has 0 aliphatic carbocycles. The van der Waals surface area contributed by atoms with Crippen molar-refractivity contribution in [2.45, 2.75) is 134 Å². The second-order valence-electron chi connectivity index (χ2n) is 20.8. The van der Waals surface area contributed by atoms with Crippen molar-refractivity contribution >= 4 is 29.7 Å². The lowest BCUT2D eigenvalue weighted by Crippen LogP contribution is -2.63. The van der Waals surface area contributed by atoms with Crippen molar-refractivity contribution in [1.82, 2.24) is 41.6 Å². The van der Waals surface area contributed by atoms with Crippen LogP contribution in [0.1, 0.15) is 81.7 Å². The van der Waals surface area contributed by atoms with Crippen molar-refractivity contribution in [2.75, 3.05) is 34.0 Å². The molecule has 0 radical (unpaired) electrons. The predicted octanol–water partition coefficient (Wildman–Crippen LogP) is 7.38. The fourth-order valence-electron chi connectivity index (χ4n) is 9.85. The number of fused-ring (bicyclic) bond motifs is 2. The van der Waals surface area contributed by atoms with E-state index < -0.39 is 126 Å². The fourth-order valence-corrected chi connectivity index (χ4v) is 9.85. The second-order valence-corrected chi connectivity index (χ2v) is 20.8. The molecule has 434 valence electrons. The Kier molecular flexibility index (Phi) is 19.7. The molecule has 3 aliphatic rings. The number of hydrogen-bond donors (Lipinski definition) is 7. The number of halogens is 10. The fraction of sp³-hybridized carbons (Fsp3) is 0.538. The number of aliphatic hydroxyl groups is 1. The number of carbonyl (C=O) groups is 4. The summed E-state index contributed by atoms with van der Waals surface area (Å²) in [5.74, 6) is -5.89. The zero-order valence-electron chi connectivity index (χ0n) is 43.8. The molecule has 0 saturated carbocycles. The molecule has 3 fully saturated rings. The number of ether oxygens (including phenoxy) is 3. The molecule has 3 aromatic rings. The summed E-state index contributed by atoms with van der Waals surface area (Å²) in [6.45, 7) is -1.57. The molecule has 1 aromatic heterocycles. The van der Waals surface area contributed by atoms with E-state index in [1.807, 2.05) is 22.9 Å². The van der Waals surface area contributed by atoms with Crippen LogP contribution in [0.15, 0.2) is 67.0 Å². The molecule has 3 unspecified atom stereocenters. The van der Waals surface area contributed by atoms with Crippen LogP contribution in [0.3, 0.4) is 0 Å². The molecule has 79 heavy (non-hydrogen) atoms. The number of alkyl halides is 8. The van der Waals surface area contributed by atoms with Crippen molar-refractivity contribution in [3.05, 3.63) is 101 Å². The van der Waals surface area contributed by atoms with Gasteiger partial charge in [-0.15, -0.1) is 0 Å². The number of amides is 4. The van der Waals surface area contributed by atoms with Gasteiger partial charge in [-0.2, -0.15) is 35.1 Å². The Morgan fingerprint density at radius 2 is 1.34 bits per heavy atom. The highest BCUT2D eigenvalue weighted by molar-refractivity contribution is 6.06. The molecule has 27 heteroatoms. The van der Waals surface area contributed by atoms with Crippen LogP contribution in [0.2, 0.25) is 0 Å². The van der Waals surface area contributed by atoms with Crippen molar-refractivity contribution in [1.29, 1.82) is 5.41 Å². The molecular weight excluding hydrogens is 1070 g/mol. The number of rotatable bonds is 22. The summed E-state index contributed by atoms with van der Waals surface area (Å²) in [7, 11) is 1.61. The summed E-state index contributed by atoms with van der Waals surface area (Å²) in [6.07, 6.45) is -8.71. The Labute approximate surface area is 448 Å². The van der Waals surface area contributed by atoms with E-state index in [0.717, 1.165) is 64.9 Å². The largest absolute Gasteiger partial charge is 0.453 e. The SMILES string of the molecule is COC(=O)NC(C(=O)N[C@@H](Cc1ccc(-c2ccc(C3CC4CCC(C3)N4C3COC3)nc2)cc1)[C@@H](O)CN(Cc1c(F)cc(C(=N)/C=C\NC(F)F)cc1F)NC(=O)[C@@H](NC(=O)OC)C(C)(C)C(F)(F)F)C(C)(C)C(F)(F)F. The first kappa shape index (κ1) is 61.6. The van der Waals surface area contributed by atoms with Crippen molar-refractivity contribution < 1.29 is 82.4 Å². The number of pyridine rings is 1. The number of aliphatic hydroxyl groups excluding tert-OH is 1. The standard InChI is InChI=1S/C52H63F10N9O8/c1-49(2,51(57,58)59)42(67-47(75)77-5)44(73)66-40(17-27-7-9-28(10-8-27)29-11-14-39(65-22-29)31-18-32-12-13-33(19-31)71(32)34-25-79-26-34)41(72)24-70(69-45(74)43(68-48(76)78-6)50(3,4)52(60,61)62)23-35-36(53)20-30(21-37(35)54)38(63)15-16-64-46(55)56/h7-11,14-16,20-22,31-34,40-43,46,63-64,72H,12-13,17-19,23-26H2,1-6H3,(H,66,73)(H,67,75)(H,68,76)(H,69,74)/b16-15-,63-38?/t31?,32?,33?,40-,41-,42?,43+/m0/s1. The van der Waals surface area contributed by atoms with Crippen molar-refractivity contribution in [2.24, 2.45) is 10.8 Å². The number of aromatic nitrogens is 1. The van der Waals surface area contributed by atoms with E-state index in [1.54, 1.807) is 41.1 Å². The molecule has 6 rings (SSSR count). The molecule has 4 amide bonds. The molecule has 6 atom stereocenters. The number of benzene rings is 2. The average molecular weight is 1130 g/mol. The minimum absolute atomic E-state index is 0.260. The number of alkyl carbamates (subject to hydrolysis) is 2. The summed E-state index contributed by atoms with van der Waals surface area (Å²) in [6, 6.07) is 6.06. The summed E-state index contributed by atoms with van der Waals surface area (Å²) < 4.78 is 159. The first-order chi connectivity index (χ1) is 36.9. The van der Waals surface area contributed by atoms with Crippen LogP contribution in [-0.2, 0) is 36.8 Å². The number of nitrogens with one attached hydrogen (secondary N) is 6. The van der Waals surface area contributed by atoms with Gasteiger partial charge in [-0.05, 0) is 95.2 Å². The first-order valence-corrected chi connectivity index (χ1v) is 25.0. The average Bonchev–Trinajstić information content (AvgIpc) is 3.61. The summed E-state index contributed by atoms with van der Waals surface area (Å²) >= 11 is 0. The first-order valence-electron chi connectivity index (χ1n) is 25.0. The highest BCUT2D eigenvalue weighted by Gasteiger charge is 2.57. The molecule has 7 N–H and O–H groups in total. The highest BCUT2D eigenvalue weighted by atomic mass is 19.4. The maximum atomic E-state index is 15.9. The van der Waals surface area contributed by atoms with E-state index >= 15 is 8.78 Å². The molecule has 3 saturated heterocycles. The lowest BCUT2D eigenvalue weighted by molar-refractivity contribution is -0.221. The third kappa shape index (κ3) is 14.8. The smallest absolute Gasteiger partial charge is 0.407 e. The van der Waals surface area contributed by atoms with E-state index in [4.69, 9.17) is 15.1 Å². The van der Waals surface area contributed by atoms with Gasteiger partial charge in [0.25, 0.3) is 5.91 Å².